The molecule has 9 N–H and O–H groups in total. The highest BCUT2D eigenvalue weighted by molar-refractivity contribution is 5.97. The number of urea groups is 1. The molecule has 1 fully saturated rings. The van der Waals surface area contributed by atoms with E-state index in [4.69, 9.17) is 0 Å². The Balaban J connectivity index is 1.74. The summed E-state index contributed by atoms with van der Waals surface area (Å²) in [6.45, 7) is 10.8. The first-order valence-electron chi connectivity index (χ1n) is 21.5. The minimum atomic E-state index is -1.23. The molecular formula is C45H64N8O9. The highest BCUT2D eigenvalue weighted by atomic mass is 16.4. The van der Waals surface area contributed by atoms with Gasteiger partial charge in [0.15, 0.2) is 0 Å². The number of aromatic hydroxyl groups is 1. The molecule has 1 aliphatic rings. The zero-order valence-corrected chi connectivity index (χ0v) is 36.7. The zero-order chi connectivity index (χ0) is 45.7. The largest absolute Gasteiger partial charge is 0.508 e. The van der Waals surface area contributed by atoms with Crippen LogP contribution in [0.15, 0.2) is 54.7 Å². The molecule has 2 aromatic carbocycles. The number of fused-ring (bicyclic) bond motifs is 1. The SMILES string of the molecule is CC[C@@H](C)[C@H](NC(=O)N[C@H]1CCCCNC(=O)[C@H](Cc2ccccc2)NC(=O)[C@H](Cc2c[nH]c3ccc(O)cc23)N(C)C(=O)[C@H](CC(C)C)NC(=O)[C@@H](C(C)C)NC1=O)C(=O)O. The number of phenolic OH excluding ortho intramolecular Hbond substituents is 1. The monoisotopic (exact) mass is 860 g/mol. The minimum absolute atomic E-state index is 0.0117. The number of hydrogen-bond acceptors (Lipinski definition) is 8. The van der Waals surface area contributed by atoms with Crippen LogP contribution < -0.4 is 31.9 Å². The number of aromatic amines is 1. The first-order valence-corrected chi connectivity index (χ1v) is 21.5. The average molecular weight is 861 g/mol. The fourth-order valence-corrected chi connectivity index (χ4v) is 7.52. The molecule has 2 heterocycles. The van der Waals surface area contributed by atoms with Crippen molar-refractivity contribution in [1.82, 2.24) is 41.8 Å². The summed E-state index contributed by atoms with van der Waals surface area (Å²) >= 11 is 0. The standard InChI is InChI=1S/C45H64N8O9/c1-8-27(6)38(44(60)61)52-45(62)50-33-16-12-13-19-46-39(55)34(21-28-14-10-9-11-15-28)48-41(57)36(22-29-24-47-32-18-17-30(54)23-31(29)32)53(7)43(59)35(20-25(2)3)49-42(58)37(26(4)5)51-40(33)56/h9-11,14-15,17-18,23-27,33-38,47,54H,8,12-13,16,19-22H2,1-7H3,(H,46,55)(H,48,57)(H,49,58)(H,51,56)(H,60,61)(H2,50,52,62)/t27-,33+,34+,35+,36+,37-,38+/m1/s1. The average Bonchev–Trinajstić information content (AvgIpc) is 3.62. The predicted octanol–water partition coefficient (Wildman–Crippen LogP) is 3.11. The Morgan fingerprint density at radius 3 is 2.19 bits per heavy atom. The van der Waals surface area contributed by atoms with Crippen molar-refractivity contribution >= 4 is 52.4 Å². The number of H-pyrrole nitrogens is 1. The van der Waals surface area contributed by atoms with Gasteiger partial charge in [-0.05, 0) is 72.8 Å². The third-order valence-electron chi connectivity index (χ3n) is 11.4. The van der Waals surface area contributed by atoms with Gasteiger partial charge in [0.25, 0.3) is 0 Å². The summed E-state index contributed by atoms with van der Waals surface area (Å²) in [5.41, 5.74) is 2.10. The van der Waals surface area contributed by atoms with Crippen molar-refractivity contribution in [2.45, 2.75) is 123 Å². The van der Waals surface area contributed by atoms with Crippen LogP contribution in [0.5, 0.6) is 5.75 Å². The Labute approximate surface area is 362 Å². The number of benzene rings is 2. The van der Waals surface area contributed by atoms with Crippen LogP contribution in [0.2, 0.25) is 0 Å². The van der Waals surface area contributed by atoms with Crippen LogP contribution in [0.25, 0.3) is 10.9 Å². The first-order chi connectivity index (χ1) is 29.4. The molecule has 0 spiro atoms. The van der Waals surface area contributed by atoms with Gasteiger partial charge in [0, 0.05) is 43.5 Å². The van der Waals surface area contributed by atoms with Gasteiger partial charge in [0.05, 0.1) is 0 Å². The second kappa shape index (κ2) is 22.6. The molecule has 1 saturated heterocycles. The number of nitrogens with one attached hydrogen (secondary N) is 7. The van der Waals surface area contributed by atoms with Crippen molar-refractivity contribution in [2.75, 3.05) is 13.6 Å². The number of carbonyl (C=O) groups excluding carboxylic acids is 6. The quantitative estimate of drug-likeness (QED) is 0.130. The number of rotatable bonds is 12. The lowest BCUT2D eigenvalue weighted by atomic mass is 9.97. The third-order valence-corrected chi connectivity index (χ3v) is 11.4. The van der Waals surface area contributed by atoms with Crippen molar-refractivity contribution < 1.29 is 43.8 Å². The van der Waals surface area contributed by atoms with Crippen molar-refractivity contribution in [3.8, 4) is 5.75 Å². The van der Waals surface area contributed by atoms with Gasteiger partial charge >= 0.3 is 12.0 Å². The fraction of sp³-hybridized carbons (Fsp3) is 0.533. The van der Waals surface area contributed by atoms with E-state index in [1.54, 1.807) is 46.0 Å². The summed E-state index contributed by atoms with van der Waals surface area (Å²) in [6, 6.07) is 6.06. The number of aromatic nitrogens is 1. The normalized spacial score (nSPS) is 22.4. The summed E-state index contributed by atoms with van der Waals surface area (Å²) < 4.78 is 0. The highest BCUT2D eigenvalue weighted by Crippen LogP contribution is 2.25. The summed E-state index contributed by atoms with van der Waals surface area (Å²) in [5, 5.41) is 37.2. The molecule has 17 nitrogen and oxygen atoms in total. The van der Waals surface area contributed by atoms with E-state index in [0.717, 1.165) is 5.56 Å². The zero-order valence-electron chi connectivity index (χ0n) is 36.7. The third kappa shape index (κ3) is 13.4. The summed E-state index contributed by atoms with van der Waals surface area (Å²) in [5.74, 6) is -5.25. The second-order valence-corrected chi connectivity index (χ2v) is 17.0. The molecule has 0 unspecified atom stereocenters. The Hall–Kier alpha value is -6.13. The van der Waals surface area contributed by atoms with Crippen LogP contribution >= 0.6 is 0 Å². The molecule has 17 heteroatoms. The lowest BCUT2D eigenvalue weighted by Gasteiger charge is -2.33. The molecule has 7 amide bonds. The summed E-state index contributed by atoms with van der Waals surface area (Å²) in [6.07, 6.45) is 3.20. The topological polar surface area (TPSA) is 251 Å². The van der Waals surface area contributed by atoms with Crippen LogP contribution in [-0.2, 0) is 41.6 Å². The lowest BCUT2D eigenvalue weighted by molar-refractivity contribution is -0.143. The number of aliphatic carboxylic acids is 1. The van der Waals surface area contributed by atoms with Crippen LogP contribution in [0.1, 0.15) is 84.8 Å². The lowest BCUT2D eigenvalue weighted by Crippen LogP contribution is -2.61. The van der Waals surface area contributed by atoms with Crippen LogP contribution in [0, 0.1) is 17.8 Å². The van der Waals surface area contributed by atoms with E-state index in [-0.39, 0.29) is 43.9 Å². The fourth-order valence-electron chi connectivity index (χ4n) is 7.52. The molecule has 4 rings (SSSR count). The van der Waals surface area contributed by atoms with E-state index in [2.05, 4.69) is 36.9 Å². The van der Waals surface area contributed by atoms with Crippen LogP contribution in [0.3, 0.4) is 0 Å². The molecule has 1 aromatic heterocycles. The first kappa shape index (κ1) is 48.5. The number of amides is 7. The number of carboxylic acids is 1. The van der Waals surface area contributed by atoms with Crippen molar-refractivity contribution in [1.29, 1.82) is 0 Å². The molecule has 3 aromatic rings. The molecule has 0 aliphatic carbocycles. The number of carboxylic acid groups (broad SMARTS) is 1. The maximum absolute atomic E-state index is 14.6. The van der Waals surface area contributed by atoms with Gasteiger partial charge in [0.2, 0.25) is 29.5 Å². The molecule has 7 atom stereocenters. The molecule has 62 heavy (non-hydrogen) atoms. The summed E-state index contributed by atoms with van der Waals surface area (Å²) in [7, 11) is 1.46. The number of carbonyl (C=O) groups is 7. The number of likely N-dealkylation sites (N-methyl/N-ethyl adjacent to an activating group) is 1. The van der Waals surface area contributed by atoms with Gasteiger partial charge in [-0.15, -0.1) is 0 Å². The van der Waals surface area contributed by atoms with E-state index in [9.17, 15) is 43.8 Å². The van der Waals surface area contributed by atoms with Crippen molar-refractivity contribution in [3.63, 3.8) is 0 Å². The van der Waals surface area contributed by atoms with E-state index in [1.807, 2.05) is 44.2 Å². The van der Waals surface area contributed by atoms with Gasteiger partial charge in [-0.25, -0.2) is 9.59 Å². The number of hydrogen-bond donors (Lipinski definition) is 9. The molecule has 1 aliphatic heterocycles. The van der Waals surface area contributed by atoms with Gasteiger partial charge in [-0.1, -0.05) is 78.3 Å². The summed E-state index contributed by atoms with van der Waals surface area (Å²) in [4.78, 5) is 101. The molecule has 0 saturated carbocycles. The van der Waals surface area contributed by atoms with Crippen molar-refractivity contribution in [2.24, 2.45) is 17.8 Å². The van der Waals surface area contributed by atoms with Crippen LogP contribution in [0.4, 0.5) is 4.79 Å². The van der Waals surface area contributed by atoms with E-state index >= 15 is 0 Å². The molecule has 338 valence electrons. The van der Waals surface area contributed by atoms with E-state index < -0.39 is 89.6 Å². The highest BCUT2D eigenvalue weighted by Gasteiger charge is 2.37. The maximum Gasteiger partial charge on any atom is 0.326 e. The number of phenols is 1. The molecular weight excluding hydrogens is 797 g/mol. The second-order valence-electron chi connectivity index (χ2n) is 17.0. The Morgan fingerprint density at radius 1 is 0.855 bits per heavy atom. The van der Waals surface area contributed by atoms with Crippen molar-refractivity contribution in [3.05, 3.63) is 65.9 Å². The molecule has 0 radical (unpaired) electrons. The Kier molecular flexibility index (Phi) is 17.7. The van der Waals surface area contributed by atoms with Gasteiger partial charge in [-0.3, -0.25) is 24.0 Å². The smallest absolute Gasteiger partial charge is 0.326 e. The van der Waals surface area contributed by atoms with E-state index in [0.29, 0.717) is 35.7 Å². The Bertz CT molecular complexity index is 2040. The maximum atomic E-state index is 14.6. The Morgan fingerprint density at radius 2 is 1.55 bits per heavy atom. The van der Waals surface area contributed by atoms with Gasteiger partial charge in [0.1, 0.15) is 42.0 Å². The minimum Gasteiger partial charge on any atom is -0.508 e. The van der Waals surface area contributed by atoms with E-state index in [1.165, 1.54) is 18.0 Å². The predicted molar refractivity (Wildman–Crippen MR) is 234 cm³/mol. The number of nitrogens with zero attached hydrogens (tertiary/aromatic N) is 1. The van der Waals surface area contributed by atoms with Gasteiger partial charge in [-0.2, -0.15) is 0 Å². The van der Waals surface area contributed by atoms with Crippen LogP contribution in [-0.4, -0.2) is 111 Å². The molecule has 0 bridgehead atoms. The van der Waals surface area contributed by atoms with Gasteiger partial charge < -0.3 is 52.0 Å².